The van der Waals surface area contributed by atoms with Crippen LogP contribution >= 0.6 is 0 Å². The fourth-order valence-corrected chi connectivity index (χ4v) is 2.67. The molecule has 114 valence electrons. The van der Waals surface area contributed by atoms with Gasteiger partial charge in [0, 0.05) is 11.6 Å². The van der Waals surface area contributed by atoms with E-state index in [2.05, 4.69) is 5.32 Å². The lowest BCUT2D eigenvalue weighted by Gasteiger charge is -2.13. The van der Waals surface area contributed by atoms with Gasteiger partial charge in [0.1, 0.15) is 11.6 Å². The molecule has 1 saturated carbocycles. The number of methoxy groups -OCH3 is 1. The third-order valence-electron chi connectivity index (χ3n) is 3.74. The van der Waals surface area contributed by atoms with Crippen molar-refractivity contribution < 1.29 is 23.8 Å². The molecule has 2 N–H and O–H groups in total. The number of carboxylic acid groups (broad SMARTS) is 1. The maximum Gasteiger partial charge on any atom is 0.306 e. The lowest BCUT2D eigenvalue weighted by atomic mass is 10.1. The van der Waals surface area contributed by atoms with Gasteiger partial charge in [-0.15, -0.1) is 0 Å². The third-order valence-corrected chi connectivity index (χ3v) is 3.74. The van der Waals surface area contributed by atoms with Crippen LogP contribution in [0.15, 0.2) is 18.2 Å². The topological polar surface area (TPSA) is 75.6 Å². The average molecular weight is 295 g/mol. The van der Waals surface area contributed by atoms with Gasteiger partial charge in [-0.3, -0.25) is 9.59 Å². The molecule has 0 heterocycles. The molecular formula is C15H18FNO4. The Morgan fingerprint density at radius 1 is 1.43 bits per heavy atom. The molecule has 0 spiro atoms. The molecule has 2 atom stereocenters. The van der Waals surface area contributed by atoms with E-state index in [0.29, 0.717) is 30.6 Å². The highest BCUT2D eigenvalue weighted by Gasteiger charge is 2.30. The number of hydrogen-bond acceptors (Lipinski definition) is 3. The molecule has 0 aliphatic heterocycles. The zero-order valence-corrected chi connectivity index (χ0v) is 11.8. The second kappa shape index (κ2) is 6.56. The highest BCUT2D eigenvalue weighted by molar-refractivity contribution is 5.80. The van der Waals surface area contributed by atoms with Crippen LogP contribution in [0.5, 0.6) is 5.75 Å². The van der Waals surface area contributed by atoms with Gasteiger partial charge in [-0.2, -0.15) is 0 Å². The number of hydrogen-bond donors (Lipinski definition) is 2. The number of carbonyl (C=O) groups excluding carboxylic acids is 1. The Morgan fingerprint density at radius 2 is 2.19 bits per heavy atom. The van der Waals surface area contributed by atoms with Crippen molar-refractivity contribution in [3.05, 3.63) is 29.6 Å². The summed E-state index contributed by atoms with van der Waals surface area (Å²) in [6.07, 6.45) is 1.68. The molecule has 0 aromatic heterocycles. The van der Waals surface area contributed by atoms with E-state index < -0.39 is 11.8 Å². The highest BCUT2D eigenvalue weighted by Crippen LogP contribution is 2.26. The maximum absolute atomic E-state index is 13.2. The normalized spacial score (nSPS) is 21.0. The van der Waals surface area contributed by atoms with Crippen LogP contribution in [-0.2, 0) is 16.0 Å². The molecule has 0 radical (unpaired) electrons. The van der Waals surface area contributed by atoms with Crippen molar-refractivity contribution in [2.24, 2.45) is 5.92 Å². The van der Waals surface area contributed by atoms with Crippen LogP contribution in [0.2, 0.25) is 0 Å². The number of carboxylic acids is 1. The molecule has 0 unspecified atom stereocenters. The molecule has 0 saturated heterocycles. The molecule has 0 bridgehead atoms. The van der Waals surface area contributed by atoms with Crippen molar-refractivity contribution in [2.75, 3.05) is 7.11 Å². The van der Waals surface area contributed by atoms with Crippen molar-refractivity contribution in [3.8, 4) is 5.75 Å². The molecule has 1 aliphatic rings. The first kappa shape index (κ1) is 15.3. The first-order valence-corrected chi connectivity index (χ1v) is 6.84. The number of amides is 1. The van der Waals surface area contributed by atoms with E-state index in [9.17, 15) is 14.0 Å². The molecule has 2 rings (SSSR count). The summed E-state index contributed by atoms with van der Waals surface area (Å²) in [6.45, 7) is 0. The van der Waals surface area contributed by atoms with E-state index in [-0.39, 0.29) is 24.3 Å². The van der Waals surface area contributed by atoms with E-state index in [1.54, 1.807) is 0 Å². The Hall–Kier alpha value is -2.11. The van der Waals surface area contributed by atoms with Gasteiger partial charge in [-0.1, -0.05) is 0 Å². The van der Waals surface area contributed by atoms with Gasteiger partial charge in [-0.25, -0.2) is 4.39 Å². The number of benzene rings is 1. The lowest BCUT2D eigenvalue weighted by Crippen LogP contribution is -2.34. The zero-order valence-electron chi connectivity index (χ0n) is 11.8. The molecule has 5 nitrogen and oxygen atoms in total. The first-order valence-electron chi connectivity index (χ1n) is 6.84. The van der Waals surface area contributed by atoms with Crippen LogP contribution < -0.4 is 10.1 Å². The molecule has 6 heteroatoms. The number of rotatable bonds is 5. The molecule has 1 aromatic rings. The smallest absolute Gasteiger partial charge is 0.306 e. The first-order chi connectivity index (χ1) is 9.99. The van der Waals surface area contributed by atoms with Crippen molar-refractivity contribution in [1.29, 1.82) is 0 Å². The maximum atomic E-state index is 13.2. The Morgan fingerprint density at radius 3 is 2.81 bits per heavy atom. The minimum atomic E-state index is -0.821. The Kier molecular flexibility index (Phi) is 4.77. The third kappa shape index (κ3) is 3.93. The van der Waals surface area contributed by atoms with Crippen molar-refractivity contribution >= 4 is 11.9 Å². The number of ether oxygens (including phenoxy) is 1. The summed E-state index contributed by atoms with van der Waals surface area (Å²) >= 11 is 0. The van der Waals surface area contributed by atoms with Gasteiger partial charge < -0.3 is 15.2 Å². The van der Waals surface area contributed by atoms with E-state index in [4.69, 9.17) is 9.84 Å². The summed E-state index contributed by atoms with van der Waals surface area (Å²) in [6, 6.07) is 3.90. The summed E-state index contributed by atoms with van der Waals surface area (Å²) in [5.41, 5.74) is 0.475. The second-order valence-electron chi connectivity index (χ2n) is 5.25. The molecule has 1 aliphatic carbocycles. The van der Waals surface area contributed by atoms with Crippen LogP contribution in [0.25, 0.3) is 0 Å². The van der Waals surface area contributed by atoms with E-state index in [1.807, 2.05) is 0 Å². The zero-order chi connectivity index (χ0) is 15.4. The fraction of sp³-hybridized carbons (Fsp3) is 0.467. The number of aliphatic carboxylic acids is 1. The predicted octanol–water partition coefficient (Wildman–Crippen LogP) is 1.75. The fourth-order valence-electron chi connectivity index (χ4n) is 2.67. The average Bonchev–Trinajstić information content (AvgIpc) is 2.87. The predicted molar refractivity (Wildman–Crippen MR) is 73.6 cm³/mol. The lowest BCUT2D eigenvalue weighted by molar-refractivity contribution is -0.141. The van der Waals surface area contributed by atoms with Crippen molar-refractivity contribution in [3.63, 3.8) is 0 Å². The van der Waals surface area contributed by atoms with Gasteiger partial charge in [-0.05, 0) is 37.5 Å². The Balaban J connectivity index is 1.93. The van der Waals surface area contributed by atoms with Gasteiger partial charge in [0.25, 0.3) is 0 Å². The highest BCUT2D eigenvalue weighted by atomic mass is 19.1. The summed E-state index contributed by atoms with van der Waals surface area (Å²) < 4.78 is 18.3. The van der Waals surface area contributed by atoms with Crippen molar-refractivity contribution in [1.82, 2.24) is 5.32 Å². The quantitative estimate of drug-likeness (QED) is 0.867. The minimum absolute atomic E-state index is 0.00910. The molecule has 1 aromatic carbocycles. The van der Waals surface area contributed by atoms with Gasteiger partial charge >= 0.3 is 5.97 Å². The second-order valence-corrected chi connectivity index (χ2v) is 5.25. The summed E-state index contributed by atoms with van der Waals surface area (Å²) in [5.74, 6) is -1.43. The summed E-state index contributed by atoms with van der Waals surface area (Å²) in [4.78, 5) is 22.9. The molecule has 1 amide bonds. The van der Waals surface area contributed by atoms with Crippen molar-refractivity contribution in [2.45, 2.75) is 31.7 Å². The monoisotopic (exact) mass is 295 g/mol. The Labute approximate surface area is 122 Å². The number of carbonyl (C=O) groups is 2. The van der Waals surface area contributed by atoms with Gasteiger partial charge in [0.15, 0.2) is 0 Å². The van der Waals surface area contributed by atoms with Crippen LogP contribution in [0.1, 0.15) is 24.8 Å². The van der Waals surface area contributed by atoms with Crippen LogP contribution in [-0.4, -0.2) is 30.1 Å². The van der Waals surface area contributed by atoms with E-state index in [1.165, 1.54) is 25.3 Å². The number of halogens is 1. The molecule has 1 fully saturated rings. The van der Waals surface area contributed by atoms with E-state index in [0.717, 1.165) is 0 Å². The van der Waals surface area contributed by atoms with Crippen LogP contribution in [0, 0.1) is 11.7 Å². The van der Waals surface area contributed by atoms with Crippen LogP contribution in [0.4, 0.5) is 4.39 Å². The molecule has 21 heavy (non-hydrogen) atoms. The standard InChI is InChI=1S/C15H18FNO4/c1-21-13-5-3-11(16)6-10(13)8-14(18)17-12-4-2-9(7-12)15(19)20/h3,5-6,9,12H,2,4,7-8H2,1H3,(H,17,18)(H,19,20)/t9-,12+/m1/s1. The summed E-state index contributed by atoms with van der Waals surface area (Å²) in [7, 11) is 1.46. The van der Waals surface area contributed by atoms with Gasteiger partial charge in [0.2, 0.25) is 5.91 Å². The molecular weight excluding hydrogens is 277 g/mol. The minimum Gasteiger partial charge on any atom is -0.496 e. The Bertz CT molecular complexity index is 546. The number of nitrogens with one attached hydrogen (secondary N) is 1. The largest absolute Gasteiger partial charge is 0.496 e. The SMILES string of the molecule is COc1ccc(F)cc1CC(=O)N[C@H]1CC[C@@H](C(=O)O)C1. The summed E-state index contributed by atoms with van der Waals surface area (Å²) in [5, 5.41) is 11.7. The van der Waals surface area contributed by atoms with Gasteiger partial charge in [0.05, 0.1) is 19.4 Å². The van der Waals surface area contributed by atoms with E-state index >= 15 is 0 Å². The van der Waals surface area contributed by atoms with Crippen LogP contribution in [0.3, 0.4) is 0 Å².